The van der Waals surface area contributed by atoms with Crippen LogP contribution >= 0.6 is 0 Å². The molecule has 1 N–H and O–H groups in total. The van der Waals surface area contributed by atoms with E-state index in [2.05, 4.69) is 18.9 Å². The van der Waals surface area contributed by atoms with E-state index in [1.165, 1.54) is 0 Å². The third kappa shape index (κ3) is 2.84. The Bertz CT molecular complexity index is 268. The van der Waals surface area contributed by atoms with Crippen LogP contribution in [0.25, 0.3) is 0 Å². The summed E-state index contributed by atoms with van der Waals surface area (Å²) >= 11 is 0. The number of aromatic nitrogens is 2. The zero-order valence-corrected chi connectivity index (χ0v) is 9.27. The largest absolute Gasteiger partial charge is 0.387 e. The summed E-state index contributed by atoms with van der Waals surface area (Å²) in [6.45, 7) is 7.19. The Morgan fingerprint density at radius 3 is 2.71 bits per heavy atom. The minimum absolute atomic E-state index is 0.361. The first-order valence-corrected chi connectivity index (χ1v) is 5.35. The van der Waals surface area contributed by atoms with Gasteiger partial charge < -0.3 is 5.11 Å². The monoisotopic (exact) mass is 196 g/mol. The molecule has 1 rings (SSSR count). The molecule has 3 nitrogen and oxygen atoms in total. The highest BCUT2D eigenvalue weighted by atomic mass is 16.3. The Morgan fingerprint density at radius 2 is 2.14 bits per heavy atom. The molecule has 0 bridgehead atoms. The van der Waals surface area contributed by atoms with Crippen LogP contribution in [-0.2, 0) is 6.54 Å². The third-order valence-corrected chi connectivity index (χ3v) is 2.41. The molecule has 0 aliphatic rings. The van der Waals surface area contributed by atoms with E-state index >= 15 is 0 Å². The van der Waals surface area contributed by atoms with Gasteiger partial charge in [-0.25, -0.2) is 0 Å². The molecule has 1 aromatic rings. The van der Waals surface area contributed by atoms with Crippen molar-refractivity contribution in [3.05, 3.63) is 18.0 Å². The van der Waals surface area contributed by atoms with Crippen molar-refractivity contribution in [2.24, 2.45) is 5.92 Å². The topological polar surface area (TPSA) is 38.0 Å². The lowest BCUT2D eigenvalue weighted by Crippen LogP contribution is -2.08. The van der Waals surface area contributed by atoms with Gasteiger partial charge in [-0.2, -0.15) is 5.10 Å². The Morgan fingerprint density at radius 1 is 1.43 bits per heavy atom. The molecular weight excluding hydrogens is 176 g/mol. The van der Waals surface area contributed by atoms with E-state index in [0.717, 1.165) is 25.1 Å². The first kappa shape index (κ1) is 11.2. The van der Waals surface area contributed by atoms with Crippen LogP contribution < -0.4 is 0 Å². The predicted molar refractivity (Wildman–Crippen MR) is 56.9 cm³/mol. The number of hydrogen-bond donors (Lipinski definition) is 1. The number of aliphatic hydroxyl groups is 1. The molecule has 0 amide bonds. The number of aliphatic hydroxyl groups excluding tert-OH is 1. The summed E-state index contributed by atoms with van der Waals surface area (Å²) in [5, 5.41) is 14.0. The highest BCUT2D eigenvalue weighted by molar-refractivity contribution is 5.04. The highest BCUT2D eigenvalue weighted by Gasteiger charge is 2.12. The fourth-order valence-electron chi connectivity index (χ4n) is 1.53. The summed E-state index contributed by atoms with van der Waals surface area (Å²) in [7, 11) is 0. The van der Waals surface area contributed by atoms with Gasteiger partial charge in [-0.05, 0) is 31.7 Å². The van der Waals surface area contributed by atoms with Crippen molar-refractivity contribution in [3.8, 4) is 0 Å². The van der Waals surface area contributed by atoms with E-state index in [9.17, 15) is 5.11 Å². The van der Waals surface area contributed by atoms with Crippen LogP contribution in [0, 0.1) is 5.92 Å². The minimum Gasteiger partial charge on any atom is -0.387 e. The van der Waals surface area contributed by atoms with Crippen LogP contribution in [-0.4, -0.2) is 14.9 Å². The molecule has 14 heavy (non-hydrogen) atoms. The fraction of sp³-hybridized carbons (Fsp3) is 0.727. The molecule has 0 saturated carbocycles. The van der Waals surface area contributed by atoms with Gasteiger partial charge in [0, 0.05) is 12.7 Å². The van der Waals surface area contributed by atoms with Crippen molar-refractivity contribution in [3.63, 3.8) is 0 Å². The predicted octanol–water partition coefficient (Wildman–Crippen LogP) is 2.37. The smallest absolute Gasteiger partial charge is 0.0956 e. The molecule has 0 aliphatic carbocycles. The second-order valence-corrected chi connectivity index (χ2v) is 4.06. The average Bonchev–Trinajstić information content (AvgIpc) is 2.61. The van der Waals surface area contributed by atoms with E-state index in [4.69, 9.17) is 0 Å². The molecule has 0 aromatic carbocycles. The van der Waals surface area contributed by atoms with Gasteiger partial charge in [-0.3, -0.25) is 4.68 Å². The molecule has 0 radical (unpaired) electrons. The van der Waals surface area contributed by atoms with Gasteiger partial charge in [0.2, 0.25) is 0 Å². The molecule has 80 valence electrons. The summed E-state index contributed by atoms with van der Waals surface area (Å²) in [5.74, 6) is 0.641. The van der Waals surface area contributed by atoms with Gasteiger partial charge in [0.15, 0.2) is 0 Å². The molecule has 1 atom stereocenters. The van der Waals surface area contributed by atoms with Crippen LogP contribution in [0.4, 0.5) is 0 Å². The lowest BCUT2D eigenvalue weighted by atomic mass is 10.0. The highest BCUT2D eigenvalue weighted by Crippen LogP contribution is 2.20. The molecule has 0 aliphatic heterocycles. The molecule has 1 unspecified atom stereocenters. The zero-order valence-electron chi connectivity index (χ0n) is 9.27. The van der Waals surface area contributed by atoms with Gasteiger partial charge in [0.05, 0.1) is 11.8 Å². The maximum Gasteiger partial charge on any atom is 0.0956 e. The van der Waals surface area contributed by atoms with Gasteiger partial charge in [0.25, 0.3) is 0 Å². The molecule has 0 fully saturated rings. The maximum atomic E-state index is 9.91. The van der Waals surface area contributed by atoms with E-state index in [-0.39, 0.29) is 6.10 Å². The van der Waals surface area contributed by atoms with Crippen molar-refractivity contribution < 1.29 is 5.11 Å². The van der Waals surface area contributed by atoms with Crippen molar-refractivity contribution in [2.75, 3.05) is 0 Å². The van der Waals surface area contributed by atoms with Gasteiger partial charge in [-0.1, -0.05) is 13.8 Å². The maximum absolute atomic E-state index is 9.91. The van der Waals surface area contributed by atoms with Gasteiger partial charge in [0.1, 0.15) is 0 Å². The van der Waals surface area contributed by atoms with Crippen LogP contribution in [0.2, 0.25) is 0 Å². The quantitative estimate of drug-likeness (QED) is 0.785. The average molecular weight is 196 g/mol. The number of rotatable bonds is 5. The minimum atomic E-state index is -0.361. The van der Waals surface area contributed by atoms with Crippen LogP contribution in [0.1, 0.15) is 45.4 Å². The van der Waals surface area contributed by atoms with Crippen LogP contribution in [0.15, 0.2) is 12.3 Å². The number of aryl methyl sites for hydroxylation is 1. The van der Waals surface area contributed by atoms with Crippen molar-refractivity contribution in [1.29, 1.82) is 0 Å². The summed E-state index contributed by atoms with van der Waals surface area (Å²) in [6.07, 6.45) is 3.26. The normalized spacial score (nSPS) is 13.5. The van der Waals surface area contributed by atoms with E-state index in [0.29, 0.717) is 5.92 Å². The lowest BCUT2D eigenvalue weighted by molar-refractivity contribution is 0.148. The second kappa shape index (κ2) is 5.15. The van der Waals surface area contributed by atoms with Gasteiger partial charge >= 0.3 is 0 Å². The molecule has 1 heterocycles. The Labute approximate surface area is 85.8 Å². The molecular formula is C11H20N2O. The SMILES string of the molecule is CCn1nccc1C(O)CCC(C)C. The van der Waals surface area contributed by atoms with Gasteiger partial charge in [-0.15, -0.1) is 0 Å². The molecule has 3 heteroatoms. The van der Waals surface area contributed by atoms with Crippen molar-refractivity contribution in [1.82, 2.24) is 9.78 Å². The summed E-state index contributed by atoms with van der Waals surface area (Å²) in [6, 6.07) is 1.90. The van der Waals surface area contributed by atoms with E-state index in [1.807, 2.05) is 17.7 Å². The Balaban J connectivity index is 2.55. The molecule has 1 aromatic heterocycles. The second-order valence-electron chi connectivity index (χ2n) is 4.06. The first-order valence-electron chi connectivity index (χ1n) is 5.35. The fourth-order valence-corrected chi connectivity index (χ4v) is 1.53. The Hall–Kier alpha value is -0.830. The first-order chi connectivity index (χ1) is 6.65. The van der Waals surface area contributed by atoms with Crippen LogP contribution in [0.3, 0.4) is 0 Å². The summed E-state index contributed by atoms with van der Waals surface area (Å²) < 4.78 is 1.85. The van der Waals surface area contributed by atoms with Crippen LogP contribution in [0.5, 0.6) is 0 Å². The van der Waals surface area contributed by atoms with Crippen molar-refractivity contribution in [2.45, 2.75) is 46.3 Å². The van der Waals surface area contributed by atoms with E-state index in [1.54, 1.807) is 6.20 Å². The Kier molecular flexibility index (Phi) is 4.14. The number of nitrogens with zero attached hydrogens (tertiary/aromatic N) is 2. The summed E-state index contributed by atoms with van der Waals surface area (Å²) in [4.78, 5) is 0. The summed E-state index contributed by atoms with van der Waals surface area (Å²) in [5.41, 5.74) is 0.938. The molecule has 0 spiro atoms. The number of hydrogen-bond acceptors (Lipinski definition) is 2. The van der Waals surface area contributed by atoms with E-state index < -0.39 is 0 Å². The van der Waals surface area contributed by atoms with Crippen molar-refractivity contribution >= 4 is 0 Å². The molecule has 0 saturated heterocycles. The lowest BCUT2D eigenvalue weighted by Gasteiger charge is -2.13. The third-order valence-electron chi connectivity index (χ3n) is 2.41. The zero-order chi connectivity index (χ0) is 10.6. The standard InChI is InChI=1S/C11H20N2O/c1-4-13-10(7-8-12-13)11(14)6-5-9(2)3/h7-9,11,14H,4-6H2,1-3H3.